The second kappa shape index (κ2) is 10.2. The van der Waals surface area contributed by atoms with E-state index in [-0.39, 0.29) is 42.9 Å². The summed E-state index contributed by atoms with van der Waals surface area (Å²) in [4.78, 5) is 46.8. The maximum atomic E-state index is 13.5. The number of aryl methyl sites for hydroxylation is 1. The van der Waals surface area contributed by atoms with E-state index in [9.17, 15) is 14.4 Å². The van der Waals surface area contributed by atoms with Crippen LogP contribution in [-0.2, 0) is 29.1 Å². The fourth-order valence-electron chi connectivity index (χ4n) is 4.63. The van der Waals surface area contributed by atoms with Crippen LogP contribution in [-0.4, -0.2) is 58.1 Å². The molecule has 2 amide bonds. The second-order valence-corrected chi connectivity index (χ2v) is 8.92. The van der Waals surface area contributed by atoms with Gasteiger partial charge in [0.1, 0.15) is 18.6 Å². The van der Waals surface area contributed by atoms with Gasteiger partial charge in [0.05, 0.1) is 29.5 Å². The van der Waals surface area contributed by atoms with Crippen LogP contribution in [0.4, 0.5) is 0 Å². The zero-order valence-electron chi connectivity index (χ0n) is 19.4. The Hall–Kier alpha value is -3.78. The Labute approximate surface area is 203 Å². The van der Waals surface area contributed by atoms with Gasteiger partial charge in [-0.15, -0.1) is 0 Å². The highest BCUT2D eigenvalue weighted by Crippen LogP contribution is 2.28. The minimum Gasteiger partial charge on any atom is -0.468 e. The molecule has 5 rings (SSSR count). The Bertz CT molecular complexity index is 1210. The maximum absolute atomic E-state index is 13.5. The molecule has 1 aliphatic heterocycles. The molecular formula is C27H27N3O5. The predicted octanol–water partition coefficient (Wildman–Crippen LogP) is 3.26. The molecule has 0 bridgehead atoms. The van der Waals surface area contributed by atoms with Crippen molar-refractivity contribution in [2.75, 3.05) is 19.6 Å². The number of aromatic nitrogens is 1. The number of carbonyl (C=O) groups is 3. The van der Waals surface area contributed by atoms with Crippen molar-refractivity contribution in [2.24, 2.45) is 0 Å². The van der Waals surface area contributed by atoms with E-state index in [1.807, 2.05) is 48.5 Å². The summed E-state index contributed by atoms with van der Waals surface area (Å²) in [7, 11) is 0. The molecule has 2 aliphatic rings. The molecule has 1 fully saturated rings. The summed E-state index contributed by atoms with van der Waals surface area (Å²) >= 11 is 0. The summed E-state index contributed by atoms with van der Waals surface area (Å²) in [6.45, 7) is 1.15. The molecule has 8 heteroatoms. The summed E-state index contributed by atoms with van der Waals surface area (Å²) in [6.07, 6.45) is 4.38. The second-order valence-electron chi connectivity index (χ2n) is 8.92. The van der Waals surface area contributed by atoms with E-state index in [1.165, 1.54) is 11.2 Å². The quantitative estimate of drug-likeness (QED) is 0.546. The Kier molecular flexibility index (Phi) is 6.72. The highest BCUT2D eigenvalue weighted by Gasteiger charge is 2.35. The molecule has 3 aromatic rings. The van der Waals surface area contributed by atoms with E-state index in [0.29, 0.717) is 43.7 Å². The summed E-state index contributed by atoms with van der Waals surface area (Å²) in [5, 5.41) is 0. The van der Waals surface area contributed by atoms with Gasteiger partial charge >= 0.3 is 0 Å². The molecule has 0 unspecified atom stereocenters. The topological polar surface area (TPSA) is 93.0 Å². The first-order valence-corrected chi connectivity index (χ1v) is 11.8. The van der Waals surface area contributed by atoms with E-state index in [1.54, 1.807) is 11.1 Å². The molecule has 1 atom stereocenters. The van der Waals surface area contributed by atoms with Gasteiger partial charge in [-0.1, -0.05) is 36.4 Å². The van der Waals surface area contributed by atoms with E-state index in [2.05, 4.69) is 4.98 Å². The Morgan fingerprint density at radius 3 is 2.69 bits per heavy atom. The van der Waals surface area contributed by atoms with Gasteiger partial charge < -0.3 is 19.0 Å². The lowest BCUT2D eigenvalue weighted by molar-refractivity contribution is -0.132. The number of furan rings is 1. The summed E-state index contributed by atoms with van der Waals surface area (Å²) in [5.74, 6) is -0.0843. The van der Waals surface area contributed by atoms with E-state index < -0.39 is 6.10 Å². The van der Waals surface area contributed by atoms with Crippen LogP contribution < -0.4 is 0 Å². The number of pyridine rings is 1. The van der Waals surface area contributed by atoms with Gasteiger partial charge in [-0.25, -0.2) is 0 Å². The SMILES string of the molecule is O=C1CCCc2occ(C(=O)N3CC(=O)N(Cc4ccccc4)C[C@H](OCc4ccccn4)C3)c21. The first-order chi connectivity index (χ1) is 17.1. The lowest BCUT2D eigenvalue weighted by Crippen LogP contribution is -2.40. The van der Waals surface area contributed by atoms with Crippen molar-refractivity contribution in [2.45, 2.75) is 38.5 Å². The molecule has 180 valence electrons. The molecule has 0 radical (unpaired) electrons. The van der Waals surface area contributed by atoms with E-state index in [4.69, 9.17) is 9.15 Å². The molecular weight excluding hydrogens is 446 g/mol. The van der Waals surface area contributed by atoms with Crippen molar-refractivity contribution in [1.29, 1.82) is 0 Å². The molecule has 1 saturated heterocycles. The third-order valence-electron chi connectivity index (χ3n) is 6.41. The number of benzene rings is 1. The van der Waals surface area contributed by atoms with Crippen LogP contribution in [0.5, 0.6) is 0 Å². The number of ketones is 1. The molecule has 0 spiro atoms. The number of hydrogen-bond donors (Lipinski definition) is 0. The molecule has 35 heavy (non-hydrogen) atoms. The molecule has 8 nitrogen and oxygen atoms in total. The molecule has 1 aromatic carbocycles. The molecule has 2 aromatic heterocycles. The van der Waals surface area contributed by atoms with Crippen molar-refractivity contribution in [3.63, 3.8) is 0 Å². The van der Waals surface area contributed by atoms with Crippen LogP contribution >= 0.6 is 0 Å². The predicted molar refractivity (Wildman–Crippen MR) is 127 cm³/mol. The number of rotatable bonds is 6. The number of hydrogen-bond acceptors (Lipinski definition) is 6. The van der Waals surface area contributed by atoms with Gasteiger partial charge in [0, 0.05) is 38.7 Å². The Morgan fingerprint density at radius 2 is 1.89 bits per heavy atom. The number of nitrogens with zero attached hydrogens (tertiary/aromatic N) is 3. The minimum atomic E-state index is -0.422. The number of Topliss-reactive ketones (excluding diaryl/α,β-unsaturated/α-hetero) is 1. The van der Waals surface area contributed by atoms with Gasteiger partial charge in [-0.3, -0.25) is 19.4 Å². The summed E-state index contributed by atoms with van der Waals surface area (Å²) in [5.41, 5.74) is 2.37. The smallest absolute Gasteiger partial charge is 0.258 e. The minimum absolute atomic E-state index is 0.0850. The number of carbonyl (C=O) groups excluding carboxylic acids is 3. The van der Waals surface area contributed by atoms with Gasteiger partial charge in [-0.2, -0.15) is 0 Å². The Balaban J connectivity index is 1.38. The largest absolute Gasteiger partial charge is 0.468 e. The number of amides is 2. The lowest BCUT2D eigenvalue weighted by atomic mass is 9.93. The zero-order chi connectivity index (χ0) is 24.2. The highest BCUT2D eigenvalue weighted by atomic mass is 16.5. The van der Waals surface area contributed by atoms with Crippen LogP contribution in [0.1, 0.15) is 50.6 Å². The fourth-order valence-corrected chi connectivity index (χ4v) is 4.63. The zero-order valence-corrected chi connectivity index (χ0v) is 19.4. The van der Waals surface area contributed by atoms with Gasteiger partial charge in [0.25, 0.3) is 5.91 Å². The third kappa shape index (κ3) is 5.17. The van der Waals surface area contributed by atoms with Crippen LogP contribution in [0.3, 0.4) is 0 Å². The van der Waals surface area contributed by atoms with Gasteiger partial charge in [0.15, 0.2) is 5.78 Å². The van der Waals surface area contributed by atoms with Crippen LogP contribution in [0, 0.1) is 0 Å². The van der Waals surface area contributed by atoms with Gasteiger partial charge in [-0.05, 0) is 24.1 Å². The molecule has 0 saturated carbocycles. The summed E-state index contributed by atoms with van der Waals surface area (Å²) in [6, 6.07) is 15.3. The number of ether oxygens (including phenoxy) is 1. The molecule has 3 heterocycles. The van der Waals surface area contributed by atoms with E-state index >= 15 is 0 Å². The van der Waals surface area contributed by atoms with Crippen LogP contribution in [0.15, 0.2) is 65.4 Å². The standard InChI is InChI=1S/C27H27N3O5/c31-23-10-6-11-24-26(23)22(18-35-24)27(33)30-15-21(34-17-20-9-4-5-12-28-20)14-29(25(32)16-30)13-19-7-2-1-3-8-19/h1-5,7-9,12,18,21H,6,10-11,13-17H2/t21-/m0/s1. The van der Waals surface area contributed by atoms with E-state index in [0.717, 1.165) is 11.3 Å². The van der Waals surface area contributed by atoms with Crippen molar-refractivity contribution < 1.29 is 23.5 Å². The monoisotopic (exact) mass is 473 g/mol. The van der Waals surface area contributed by atoms with Crippen molar-refractivity contribution in [1.82, 2.24) is 14.8 Å². The maximum Gasteiger partial charge on any atom is 0.258 e. The normalized spacial score (nSPS) is 18.3. The van der Waals surface area contributed by atoms with Crippen LogP contribution in [0.25, 0.3) is 0 Å². The first-order valence-electron chi connectivity index (χ1n) is 11.8. The number of fused-ring (bicyclic) bond motifs is 1. The molecule has 1 aliphatic carbocycles. The summed E-state index contributed by atoms with van der Waals surface area (Å²) < 4.78 is 11.7. The Morgan fingerprint density at radius 1 is 1.06 bits per heavy atom. The average Bonchev–Trinajstić information content (AvgIpc) is 3.26. The van der Waals surface area contributed by atoms with Crippen molar-refractivity contribution in [3.8, 4) is 0 Å². The van der Waals surface area contributed by atoms with Crippen LogP contribution in [0.2, 0.25) is 0 Å². The first kappa shape index (κ1) is 23.0. The third-order valence-corrected chi connectivity index (χ3v) is 6.41. The highest BCUT2D eigenvalue weighted by molar-refractivity contribution is 6.09. The van der Waals surface area contributed by atoms with Gasteiger partial charge in [0.2, 0.25) is 5.91 Å². The average molecular weight is 474 g/mol. The van der Waals surface area contributed by atoms with Crippen molar-refractivity contribution >= 4 is 17.6 Å². The fraction of sp³-hybridized carbons (Fsp3) is 0.333. The molecule has 0 N–H and O–H groups in total. The van der Waals surface area contributed by atoms with Crippen molar-refractivity contribution in [3.05, 3.63) is 89.1 Å². The lowest BCUT2D eigenvalue weighted by Gasteiger charge is -2.25.